The molecule has 17 heavy (non-hydrogen) atoms. The Kier molecular flexibility index (Phi) is 6.50. The van der Waals surface area contributed by atoms with E-state index in [4.69, 9.17) is 4.74 Å². The van der Waals surface area contributed by atoms with Crippen molar-refractivity contribution < 1.29 is 21.9 Å². The zero-order chi connectivity index (χ0) is 13.7. The van der Waals surface area contributed by atoms with Crippen molar-refractivity contribution in [2.45, 2.75) is 45.0 Å². The normalized spacial score (nSPS) is 19.6. The lowest BCUT2D eigenvalue weighted by Crippen LogP contribution is -2.46. The van der Waals surface area contributed by atoms with E-state index in [9.17, 15) is 17.2 Å². The van der Waals surface area contributed by atoms with Gasteiger partial charge in [0.25, 0.3) is 10.0 Å². The molecule has 1 aliphatic rings. The molecule has 1 saturated heterocycles. The number of alkyl halides is 2. The molecule has 0 radical (unpaired) electrons. The van der Waals surface area contributed by atoms with Crippen molar-refractivity contribution in [2.75, 3.05) is 20.2 Å². The number of ether oxygens (including phenoxy) is 1. The standard InChI is InChI=1S/C8H15F2NO3S.C2H6/c1-8(9,10)15(12,13)11-5-3-7(14-2)4-6-11;1-2/h7H,3-6H2,1-2H3;1-2H3. The zero-order valence-electron chi connectivity index (χ0n) is 10.7. The van der Waals surface area contributed by atoms with Gasteiger partial charge in [-0.3, -0.25) is 0 Å². The third kappa shape index (κ3) is 4.15. The van der Waals surface area contributed by atoms with Crippen LogP contribution in [-0.4, -0.2) is 44.3 Å². The number of piperidine rings is 1. The Morgan fingerprint density at radius 2 is 1.65 bits per heavy atom. The average molecular weight is 273 g/mol. The van der Waals surface area contributed by atoms with Crippen LogP contribution in [0.1, 0.15) is 33.6 Å². The van der Waals surface area contributed by atoms with Crippen LogP contribution in [0.15, 0.2) is 0 Å². The summed E-state index contributed by atoms with van der Waals surface area (Å²) in [6.07, 6.45) is 0.902. The van der Waals surface area contributed by atoms with Gasteiger partial charge in [0.05, 0.1) is 6.10 Å². The van der Waals surface area contributed by atoms with E-state index in [2.05, 4.69) is 0 Å². The second-order valence-corrected chi connectivity index (χ2v) is 5.83. The third-order valence-corrected chi connectivity index (χ3v) is 4.48. The van der Waals surface area contributed by atoms with Crippen molar-refractivity contribution in [3.8, 4) is 0 Å². The van der Waals surface area contributed by atoms with Gasteiger partial charge in [-0.1, -0.05) is 13.8 Å². The maximum Gasteiger partial charge on any atom is 0.356 e. The maximum atomic E-state index is 12.8. The van der Waals surface area contributed by atoms with Crippen LogP contribution in [0.5, 0.6) is 0 Å². The van der Waals surface area contributed by atoms with Crippen LogP contribution in [0.2, 0.25) is 0 Å². The van der Waals surface area contributed by atoms with Gasteiger partial charge in [0.15, 0.2) is 0 Å². The van der Waals surface area contributed by atoms with Crippen molar-refractivity contribution in [1.82, 2.24) is 4.31 Å². The Hall–Kier alpha value is -0.270. The first kappa shape index (κ1) is 16.7. The lowest BCUT2D eigenvalue weighted by atomic mass is 10.1. The van der Waals surface area contributed by atoms with Gasteiger partial charge in [-0.25, -0.2) is 8.42 Å². The molecule has 0 aromatic rings. The quantitative estimate of drug-likeness (QED) is 0.791. The van der Waals surface area contributed by atoms with E-state index >= 15 is 0 Å². The minimum atomic E-state index is -4.49. The molecular weight excluding hydrogens is 252 g/mol. The van der Waals surface area contributed by atoms with Crippen molar-refractivity contribution in [2.24, 2.45) is 0 Å². The van der Waals surface area contributed by atoms with Crippen LogP contribution in [0.4, 0.5) is 8.78 Å². The van der Waals surface area contributed by atoms with Crippen molar-refractivity contribution in [3.63, 3.8) is 0 Å². The number of sulfonamides is 1. The highest BCUT2D eigenvalue weighted by Gasteiger charge is 2.45. The van der Waals surface area contributed by atoms with Crippen molar-refractivity contribution >= 4 is 10.0 Å². The molecule has 0 unspecified atom stereocenters. The molecule has 0 saturated carbocycles. The van der Waals surface area contributed by atoms with Gasteiger partial charge in [-0.15, -0.1) is 0 Å². The summed E-state index contributed by atoms with van der Waals surface area (Å²) < 4.78 is 54.1. The van der Waals surface area contributed by atoms with Gasteiger partial charge >= 0.3 is 5.25 Å². The molecule has 4 nitrogen and oxygen atoms in total. The fraction of sp³-hybridized carbons (Fsp3) is 1.00. The number of methoxy groups -OCH3 is 1. The first-order valence-electron chi connectivity index (χ1n) is 5.69. The summed E-state index contributed by atoms with van der Waals surface area (Å²) in [5, 5.41) is -3.70. The molecular formula is C10H21F2NO3S. The Balaban J connectivity index is 0.00000121. The maximum absolute atomic E-state index is 12.8. The van der Waals surface area contributed by atoms with E-state index in [-0.39, 0.29) is 19.2 Å². The fourth-order valence-corrected chi connectivity index (χ4v) is 2.68. The van der Waals surface area contributed by atoms with E-state index in [0.717, 1.165) is 4.31 Å². The van der Waals surface area contributed by atoms with Crippen molar-refractivity contribution in [1.29, 1.82) is 0 Å². The summed E-state index contributed by atoms with van der Waals surface area (Å²) in [4.78, 5) is 0. The van der Waals surface area contributed by atoms with E-state index in [1.54, 1.807) is 0 Å². The summed E-state index contributed by atoms with van der Waals surface area (Å²) >= 11 is 0. The summed E-state index contributed by atoms with van der Waals surface area (Å²) in [5.74, 6) is 0. The largest absolute Gasteiger partial charge is 0.381 e. The first-order chi connectivity index (χ1) is 7.79. The second-order valence-electron chi connectivity index (χ2n) is 3.65. The Bertz CT molecular complexity index is 306. The molecule has 0 atom stereocenters. The SMILES string of the molecule is CC.COC1CCN(S(=O)(=O)C(C)(F)F)CC1. The van der Waals surface area contributed by atoms with Gasteiger partial charge < -0.3 is 4.74 Å². The molecule has 0 N–H and O–H groups in total. The van der Waals surface area contributed by atoms with Crippen molar-refractivity contribution in [3.05, 3.63) is 0 Å². The minimum Gasteiger partial charge on any atom is -0.381 e. The Morgan fingerprint density at radius 1 is 1.24 bits per heavy atom. The van der Waals surface area contributed by atoms with E-state index < -0.39 is 15.3 Å². The van der Waals surface area contributed by atoms with Crippen LogP contribution >= 0.6 is 0 Å². The third-order valence-electron chi connectivity index (χ3n) is 2.53. The highest BCUT2D eigenvalue weighted by molar-refractivity contribution is 7.90. The summed E-state index contributed by atoms with van der Waals surface area (Å²) in [6, 6.07) is 0. The summed E-state index contributed by atoms with van der Waals surface area (Å²) in [7, 11) is -2.96. The van der Waals surface area contributed by atoms with E-state index in [1.165, 1.54) is 7.11 Å². The Morgan fingerprint density at radius 3 is 1.94 bits per heavy atom. The fourth-order valence-electron chi connectivity index (χ4n) is 1.53. The topological polar surface area (TPSA) is 46.6 Å². The van der Waals surface area contributed by atoms with Crippen LogP contribution in [0.3, 0.4) is 0 Å². The first-order valence-corrected chi connectivity index (χ1v) is 7.13. The highest BCUT2D eigenvalue weighted by atomic mass is 32.2. The molecule has 1 aliphatic heterocycles. The summed E-state index contributed by atoms with van der Waals surface area (Å²) in [5.41, 5.74) is 0. The number of hydrogen-bond acceptors (Lipinski definition) is 3. The van der Waals surface area contributed by atoms with Crippen LogP contribution in [0, 0.1) is 0 Å². The molecule has 0 spiro atoms. The van der Waals surface area contributed by atoms with Crippen LogP contribution in [0.25, 0.3) is 0 Å². The second kappa shape index (κ2) is 6.61. The van der Waals surface area contributed by atoms with Gasteiger partial charge in [0.2, 0.25) is 0 Å². The van der Waals surface area contributed by atoms with E-state index in [0.29, 0.717) is 19.8 Å². The number of rotatable bonds is 3. The van der Waals surface area contributed by atoms with Gasteiger partial charge in [0, 0.05) is 27.1 Å². The molecule has 1 heterocycles. The van der Waals surface area contributed by atoms with Gasteiger partial charge in [-0.2, -0.15) is 13.1 Å². The number of hydrogen-bond donors (Lipinski definition) is 0. The Labute approximate surface area is 102 Å². The molecule has 1 fully saturated rings. The molecule has 104 valence electrons. The molecule has 7 heteroatoms. The smallest absolute Gasteiger partial charge is 0.356 e. The van der Waals surface area contributed by atoms with Crippen LogP contribution in [-0.2, 0) is 14.8 Å². The van der Waals surface area contributed by atoms with Gasteiger partial charge in [0.1, 0.15) is 0 Å². The monoisotopic (exact) mass is 273 g/mol. The molecule has 0 bridgehead atoms. The van der Waals surface area contributed by atoms with Crippen LogP contribution < -0.4 is 0 Å². The number of nitrogens with zero attached hydrogens (tertiary/aromatic N) is 1. The molecule has 0 amide bonds. The molecule has 0 aromatic heterocycles. The highest BCUT2D eigenvalue weighted by Crippen LogP contribution is 2.27. The lowest BCUT2D eigenvalue weighted by molar-refractivity contribution is 0.0531. The predicted molar refractivity (Wildman–Crippen MR) is 62.5 cm³/mol. The average Bonchev–Trinajstić information content (AvgIpc) is 2.30. The lowest BCUT2D eigenvalue weighted by Gasteiger charge is -2.31. The van der Waals surface area contributed by atoms with Gasteiger partial charge in [-0.05, 0) is 12.8 Å². The van der Waals surface area contributed by atoms with E-state index in [1.807, 2.05) is 13.8 Å². The number of halogens is 2. The molecule has 1 rings (SSSR count). The predicted octanol–water partition coefficient (Wildman–Crippen LogP) is 2.07. The minimum absolute atomic E-state index is 0.0260. The molecule has 0 aromatic carbocycles. The molecule has 0 aliphatic carbocycles. The summed E-state index contributed by atoms with van der Waals surface area (Å²) in [6.45, 7) is 4.61. The zero-order valence-corrected chi connectivity index (χ0v) is 11.6.